The summed E-state index contributed by atoms with van der Waals surface area (Å²) in [5, 5.41) is 10.8. The molecule has 3 rings (SSSR count). The van der Waals surface area contributed by atoms with Gasteiger partial charge < -0.3 is 19.3 Å². The summed E-state index contributed by atoms with van der Waals surface area (Å²) in [4.78, 5) is 51.0. The molecule has 3 atom stereocenters. The van der Waals surface area contributed by atoms with Gasteiger partial charge in [-0.1, -0.05) is 6.42 Å². The first-order chi connectivity index (χ1) is 14.9. The quantitative estimate of drug-likeness (QED) is 0.656. The average molecular weight is 436 g/mol. The minimum absolute atomic E-state index is 0.0394. The number of nitrogens with zero attached hydrogens (tertiary/aromatic N) is 4. The third-order valence-corrected chi connectivity index (χ3v) is 6.27. The van der Waals surface area contributed by atoms with Crippen LogP contribution in [0.5, 0.6) is 0 Å². The number of carboxylic acid groups (broad SMARTS) is 1. The molecule has 0 saturated carbocycles. The van der Waals surface area contributed by atoms with Crippen LogP contribution in [0.2, 0.25) is 0 Å². The summed E-state index contributed by atoms with van der Waals surface area (Å²) < 4.78 is 15.9. The van der Waals surface area contributed by atoms with Gasteiger partial charge in [0.15, 0.2) is 11.4 Å². The Morgan fingerprint density at radius 2 is 1.68 bits per heavy atom. The SMILES string of the molecule is COC(=O)N1CCC(OC)C(C(=O)OC)(N2CCCCC2)C1(C(=O)O)c1ncccn1. The zero-order valence-corrected chi connectivity index (χ0v) is 17.9. The van der Waals surface area contributed by atoms with Crippen molar-refractivity contribution in [3.05, 3.63) is 24.3 Å². The van der Waals surface area contributed by atoms with Gasteiger partial charge in [0.25, 0.3) is 0 Å². The molecule has 0 aromatic carbocycles. The molecule has 2 aliphatic rings. The third-order valence-electron chi connectivity index (χ3n) is 6.27. The van der Waals surface area contributed by atoms with E-state index in [2.05, 4.69) is 9.97 Å². The second-order valence-corrected chi connectivity index (χ2v) is 7.53. The summed E-state index contributed by atoms with van der Waals surface area (Å²) in [6.07, 6.45) is 3.56. The van der Waals surface area contributed by atoms with Crippen molar-refractivity contribution >= 4 is 18.0 Å². The zero-order chi connectivity index (χ0) is 22.6. The number of hydrogen-bond acceptors (Lipinski definition) is 9. The number of aliphatic carboxylic acids is 1. The van der Waals surface area contributed by atoms with Gasteiger partial charge in [0.05, 0.1) is 20.3 Å². The van der Waals surface area contributed by atoms with E-state index in [0.29, 0.717) is 13.1 Å². The Kier molecular flexibility index (Phi) is 6.75. The maximum Gasteiger partial charge on any atom is 0.410 e. The zero-order valence-electron chi connectivity index (χ0n) is 17.9. The number of aromatic nitrogens is 2. The van der Waals surface area contributed by atoms with Gasteiger partial charge in [0.2, 0.25) is 5.54 Å². The fourth-order valence-electron chi connectivity index (χ4n) is 5.08. The predicted octanol–water partition coefficient (Wildman–Crippen LogP) is 0.641. The second-order valence-electron chi connectivity index (χ2n) is 7.53. The van der Waals surface area contributed by atoms with Crippen LogP contribution in [-0.4, -0.2) is 95.5 Å². The molecular weight excluding hydrogens is 408 g/mol. The number of ether oxygens (including phenoxy) is 3. The number of hydrogen-bond donors (Lipinski definition) is 1. The number of amides is 1. The van der Waals surface area contributed by atoms with E-state index >= 15 is 0 Å². The molecule has 3 unspecified atom stereocenters. The topological polar surface area (TPSA) is 131 Å². The van der Waals surface area contributed by atoms with Crippen molar-refractivity contribution in [3.8, 4) is 0 Å². The van der Waals surface area contributed by atoms with Crippen molar-refractivity contribution in [2.45, 2.75) is 42.9 Å². The molecule has 1 aromatic rings. The minimum Gasteiger partial charge on any atom is -0.479 e. The Morgan fingerprint density at radius 1 is 1.03 bits per heavy atom. The van der Waals surface area contributed by atoms with Crippen LogP contribution in [0.25, 0.3) is 0 Å². The molecule has 1 amide bonds. The molecule has 2 fully saturated rings. The summed E-state index contributed by atoms with van der Waals surface area (Å²) in [7, 11) is 3.76. The molecule has 0 bridgehead atoms. The van der Waals surface area contributed by atoms with E-state index in [1.54, 1.807) is 4.90 Å². The first kappa shape index (κ1) is 22.9. The molecule has 0 aliphatic carbocycles. The van der Waals surface area contributed by atoms with Crippen LogP contribution in [0.1, 0.15) is 31.5 Å². The molecule has 11 heteroatoms. The number of likely N-dealkylation sites (tertiary alicyclic amines) is 2. The fraction of sp³-hybridized carbons (Fsp3) is 0.650. The molecule has 1 aromatic heterocycles. The van der Waals surface area contributed by atoms with Gasteiger partial charge in [-0.15, -0.1) is 0 Å². The Bertz CT molecular complexity index is 817. The molecule has 0 spiro atoms. The highest BCUT2D eigenvalue weighted by Gasteiger charge is 2.77. The monoisotopic (exact) mass is 436 g/mol. The van der Waals surface area contributed by atoms with Crippen molar-refractivity contribution in [1.82, 2.24) is 19.8 Å². The molecule has 2 aliphatic heterocycles. The van der Waals surface area contributed by atoms with Crippen molar-refractivity contribution < 1.29 is 33.7 Å². The molecule has 3 heterocycles. The Labute approximate surface area is 180 Å². The standard InChI is InChI=1S/C20H28N4O7/c1-29-14-8-13-24(18(28)31-3)20(16(25)26,15-21-9-7-10-22-15)19(14,17(27)30-2)23-11-5-4-6-12-23/h7,9-10,14H,4-6,8,11-13H2,1-3H3,(H,25,26). The van der Waals surface area contributed by atoms with E-state index in [-0.39, 0.29) is 18.8 Å². The second kappa shape index (κ2) is 9.15. The summed E-state index contributed by atoms with van der Waals surface area (Å²) in [6.45, 7) is 0.806. The van der Waals surface area contributed by atoms with Crippen LogP contribution >= 0.6 is 0 Å². The molecular formula is C20H28N4O7. The lowest BCUT2D eigenvalue weighted by molar-refractivity contribution is -0.216. The van der Waals surface area contributed by atoms with E-state index in [0.717, 1.165) is 31.3 Å². The maximum atomic E-state index is 13.7. The Morgan fingerprint density at radius 3 is 2.19 bits per heavy atom. The number of piperidine rings is 2. The molecule has 31 heavy (non-hydrogen) atoms. The van der Waals surface area contributed by atoms with E-state index < -0.39 is 35.2 Å². The highest BCUT2D eigenvalue weighted by atomic mass is 16.5. The normalized spacial score (nSPS) is 29.3. The van der Waals surface area contributed by atoms with Crippen molar-refractivity contribution in [3.63, 3.8) is 0 Å². The van der Waals surface area contributed by atoms with E-state index in [1.807, 2.05) is 0 Å². The highest BCUT2D eigenvalue weighted by Crippen LogP contribution is 2.50. The van der Waals surface area contributed by atoms with Gasteiger partial charge in [0.1, 0.15) is 0 Å². The van der Waals surface area contributed by atoms with Gasteiger partial charge in [-0.2, -0.15) is 0 Å². The molecule has 2 saturated heterocycles. The summed E-state index contributed by atoms with van der Waals surface area (Å²) in [6, 6.07) is 1.53. The summed E-state index contributed by atoms with van der Waals surface area (Å²) >= 11 is 0. The lowest BCUT2D eigenvalue weighted by Gasteiger charge is -2.59. The van der Waals surface area contributed by atoms with E-state index in [1.165, 1.54) is 32.7 Å². The van der Waals surface area contributed by atoms with Crippen LogP contribution in [0, 0.1) is 0 Å². The number of carboxylic acids is 1. The van der Waals surface area contributed by atoms with Gasteiger partial charge in [0, 0.05) is 26.0 Å². The van der Waals surface area contributed by atoms with Crippen molar-refractivity contribution in [1.29, 1.82) is 0 Å². The maximum absolute atomic E-state index is 13.7. The molecule has 170 valence electrons. The number of carbonyl (C=O) groups is 3. The van der Waals surface area contributed by atoms with E-state index in [9.17, 15) is 19.5 Å². The summed E-state index contributed by atoms with van der Waals surface area (Å²) in [5.41, 5.74) is -4.28. The first-order valence-electron chi connectivity index (χ1n) is 10.2. The third kappa shape index (κ3) is 3.23. The summed E-state index contributed by atoms with van der Waals surface area (Å²) in [5.74, 6) is -2.52. The van der Waals surface area contributed by atoms with E-state index in [4.69, 9.17) is 14.2 Å². The predicted molar refractivity (Wildman–Crippen MR) is 106 cm³/mol. The van der Waals surface area contributed by atoms with Crippen LogP contribution in [0.15, 0.2) is 18.5 Å². The number of esters is 1. The largest absolute Gasteiger partial charge is 0.479 e. The van der Waals surface area contributed by atoms with Crippen LogP contribution in [-0.2, 0) is 29.3 Å². The lowest BCUT2D eigenvalue weighted by atomic mass is 9.65. The number of rotatable bonds is 5. The van der Waals surface area contributed by atoms with Crippen LogP contribution in [0.3, 0.4) is 0 Å². The number of carbonyl (C=O) groups excluding carboxylic acids is 2. The van der Waals surface area contributed by atoms with Crippen LogP contribution in [0.4, 0.5) is 4.79 Å². The van der Waals surface area contributed by atoms with Crippen LogP contribution < -0.4 is 0 Å². The Balaban J connectivity index is 2.46. The number of methoxy groups -OCH3 is 3. The molecule has 11 nitrogen and oxygen atoms in total. The van der Waals surface area contributed by atoms with Crippen molar-refractivity contribution in [2.75, 3.05) is 41.0 Å². The van der Waals surface area contributed by atoms with Gasteiger partial charge in [-0.25, -0.2) is 24.4 Å². The first-order valence-corrected chi connectivity index (χ1v) is 10.2. The van der Waals surface area contributed by atoms with Gasteiger partial charge in [-0.3, -0.25) is 9.80 Å². The lowest BCUT2D eigenvalue weighted by Crippen LogP contribution is -2.83. The molecule has 1 N–H and O–H groups in total. The highest BCUT2D eigenvalue weighted by molar-refractivity contribution is 5.97. The Hall–Kier alpha value is -2.79. The fourth-order valence-corrected chi connectivity index (χ4v) is 5.08. The smallest absolute Gasteiger partial charge is 0.410 e. The molecule has 0 radical (unpaired) electrons. The van der Waals surface area contributed by atoms with Crippen molar-refractivity contribution in [2.24, 2.45) is 0 Å². The average Bonchev–Trinajstić information content (AvgIpc) is 2.82. The van der Waals surface area contributed by atoms with Gasteiger partial charge in [-0.05, 0) is 38.4 Å². The minimum atomic E-state index is -2.34. The van der Waals surface area contributed by atoms with Gasteiger partial charge >= 0.3 is 18.0 Å².